The van der Waals surface area contributed by atoms with Gasteiger partial charge in [0, 0.05) is 4.88 Å². The van der Waals surface area contributed by atoms with Gasteiger partial charge in [0.15, 0.2) is 11.5 Å². The van der Waals surface area contributed by atoms with E-state index in [4.69, 9.17) is 4.74 Å². The Kier molecular flexibility index (Phi) is 6.27. The van der Waals surface area contributed by atoms with Crippen LogP contribution in [0.4, 0.5) is 0 Å². The highest BCUT2D eigenvalue weighted by Crippen LogP contribution is 2.35. The third-order valence-electron chi connectivity index (χ3n) is 5.71. The number of benzene rings is 1. The molecule has 1 amide bonds. The maximum atomic E-state index is 13.2. The number of hydrazone groups is 1. The number of hydrogen-bond donors (Lipinski definition) is 2. The molecule has 2 atom stereocenters. The van der Waals surface area contributed by atoms with Gasteiger partial charge in [0.25, 0.3) is 11.5 Å². The Labute approximate surface area is 189 Å². The molecular formula is C23H26N4O4S. The standard InChI is InChI=1S/C23H26N4O4S/c1-4-31-18-10-15(6-8-17(18)28)11-25-26-21(29)14(3)27-12-24-22-20(23(27)30)16-7-5-13(2)9-19(16)32-22/h6,8,10-14,28H,4-5,7,9H2,1-3H3,(H,26,29)/b25-11-/t13-,14+/m1/s1. The second-order valence-electron chi connectivity index (χ2n) is 8.06. The van der Waals surface area contributed by atoms with Crippen LogP contribution in [0.5, 0.6) is 11.5 Å². The van der Waals surface area contributed by atoms with Gasteiger partial charge in [0.1, 0.15) is 10.9 Å². The summed E-state index contributed by atoms with van der Waals surface area (Å²) in [4.78, 5) is 32.3. The first-order chi connectivity index (χ1) is 15.4. The van der Waals surface area contributed by atoms with Gasteiger partial charge in [-0.1, -0.05) is 6.92 Å². The van der Waals surface area contributed by atoms with E-state index in [1.807, 2.05) is 6.92 Å². The summed E-state index contributed by atoms with van der Waals surface area (Å²) in [6.07, 6.45) is 5.80. The topological polar surface area (TPSA) is 106 Å². The first-order valence-corrected chi connectivity index (χ1v) is 11.5. The van der Waals surface area contributed by atoms with Gasteiger partial charge in [0.2, 0.25) is 0 Å². The molecule has 0 saturated heterocycles. The zero-order valence-corrected chi connectivity index (χ0v) is 19.1. The molecule has 4 rings (SSSR count). The number of rotatable bonds is 6. The van der Waals surface area contributed by atoms with E-state index in [-0.39, 0.29) is 11.3 Å². The molecule has 1 aliphatic carbocycles. The van der Waals surface area contributed by atoms with Crippen LogP contribution in [0.1, 0.15) is 49.2 Å². The number of phenols is 1. The van der Waals surface area contributed by atoms with Crippen molar-refractivity contribution in [2.45, 2.75) is 46.1 Å². The maximum Gasteiger partial charge on any atom is 0.263 e. The highest BCUT2D eigenvalue weighted by molar-refractivity contribution is 7.18. The van der Waals surface area contributed by atoms with E-state index in [0.717, 1.165) is 29.7 Å². The van der Waals surface area contributed by atoms with Crippen molar-refractivity contribution in [3.8, 4) is 11.5 Å². The van der Waals surface area contributed by atoms with Crippen molar-refractivity contribution in [3.05, 3.63) is 50.9 Å². The Hall–Kier alpha value is -3.20. The number of thiophene rings is 1. The smallest absolute Gasteiger partial charge is 0.263 e. The molecule has 0 radical (unpaired) electrons. The van der Waals surface area contributed by atoms with Crippen molar-refractivity contribution in [1.82, 2.24) is 15.0 Å². The number of carbonyl (C=O) groups excluding carboxylic acids is 1. The lowest BCUT2D eigenvalue weighted by Gasteiger charge is -2.18. The molecule has 2 aromatic heterocycles. The molecule has 9 heteroatoms. The van der Waals surface area contributed by atoms with Crippen LogP contribution in [0.3, 0.4) is 0 Å². The van der Waals surface area contributed by atoms with E-state index in [2.05, 4.69) is 22.4 Å². The Morgan fingerprint density at radius 2 is 2.31 bits per heavy atom. The monoisotopic (exact) mass is 454 g/mol. The molecule has 0 aliphatic heterocycles. The summed E-state index contributed by atoms with van der Waals surface area (Å²) in [6, 6.07) is 4.01. The summed E-state index contributed by atoms with van der Waals surface area (Å²) in [6.45, 7) is 6.11. The van der Waals surface area contributed by atoms with Gasteiger partial charge in [-0.2, -0.15) is 5.10 Å². The molecular weight excluding hydrogens is 428 g/mol. The first kappa shape index (κ1) is 22.0. The minimum Gasteiger partial charge on any atom is -0.504 e. The van der Waals surface area contributed by atoms with E-state index in [0.29, 0.717) is 29.2 Å². The van der Waals surface area contributed by atoms with Crippen LogP contribution in [0, 0.1) is 5.92 Å². The van der Waals surface area contributed by atoms with Gasteiger partial charge >= 0.3 is 0 Å². The number of carbonyl (C=O) groups is 1. The predicted molar refractivity (Wildman–Crippen MR) is 125 cm³/mol. The van der Waals surface area contributed by atoms with Crippen LogP contribution in [-0.4, -0.2) is 33.4 Å². The van der Waals surface area contributed by atoms with Crippen molar-refractivity contribution in [2.75, 3.05) is 6.61 Å². The summed E-state index contributed by atoms with van der Waals surface area (Å²) in [5.41, 5.74) is 4.04. The SMILES string of the molecule is CCOc1cc(/C=N\NC(=O)[C@H](C)n2cnc3sc4c(c3c2=O)CC[C@@H](C)C4)ccc1O. The number of hydrogen-bond acceptors (Lipinski definition) is 7. The van der Waals surface area contributed by atoms with Crippen LogP contribution >= 0.6 is 11.3 Å². The van der Waals surface area contributed by atoms with Crippen molar-refractivity contribution in [3.63, 3.8) is 0 Å². The molecule has 0 unspecified atom stereocenters. The lowest BCUT2D eigenvalue weighted by Crippen LogP contribution is -2.34. The second-order valence-corrected chi connectivity index (χ2v) is 9.14. The van der Waals surface area contributed by atoms with Gasteiger partial charge in [0.05, 0.1) is 24.5 Å². The fourth-order valence-electron chi connectivity index (χ4n) is 3.89. The highest BCUT2D eigenvalue weighted by atomic mass is 32.1. The van der Waals surface area contributed by atoms with Crippen molar-refractivity contribution >= 4 is 33.7 Å². The van der Waals surface area contributed by atoms with Gasteiger partial charge < -0.3 is 9.84 Å². The number of aromatic hydroxyl groups is 1. The summed E-state index contributed by atoms with van der Waals surface area (Å²) in [5.74, 6) is 0.564. The zero-order valence-electron chi connectivity index (χ0n) is 18.3. The molecule has 0 fully saturated rings. The second kappa shape index (κ2) is 9.12. The predicted octanol–water partition coefficient (Wildman–Crippen LogP) is 3.40. The zero-order chi connectivity index (χ0) is 22.8. The number of amides is 1. The molecule has 1 aliphatic rings. The van der Waals surface area contributed by atoms with E-state index in [1.165, 1.54) is 28.1 Å². The number of nitrogens with zero attached hydrogens (tertiary/aromatic N) is 3. The Balaban J connectivity index is 1.52. The fraction of sp³-hybridized carbons (Fsp3) is 0.391. The fourth-order valence-corrected chi connectivity index (χ4v) is 5.23. The molecule has 2 heterocycles. The van der Waals surface area contributed by atoms with E-state index in [1.54, 1.807) is 30.4 Å². The lowest BCUT2D eigenvalue weighted by molar-refractivity contribution is -0.123. The third kappa shape index (κ3) is 4.25. The third-order valence-corrected chi connectivity index (χ3v) is 6.87. The van der Waals surface area contributed by atoms with Crippen molar-refractivity contribution in [2.24, 2.45) is 11.0 Å². The molecule has 3 aromatic rings. The molecule has 32 heavy (non-hydrogen) atoms. The molecule has 1 aromatic carbocycles. The van der Waals surface area contributed by atoms with Gasteiger partial charge in [-0.25, -0.2) is 10.4 Å². The average Bonchev–Trinajstić information content (AvgIpc) is 3.14. The largest absolute Gasteiger partial charge is 0.504 e. The van der Waals surface area contributed by atoms with Crippen LogP contribution in [0.15, 0.2) is 34.4 Å². The highest BCUT2D eigenvalue weighted by Gasteiger charge is 2.25. The average molecular weight is 455 g/mol. The van der Waals surface area contributed by atoms with Crippen LogP contribution in [0.2, 0.25) is 0 Å². The van der Waals surface area contributed by atoms with Gasteiger partial charge in [-0.15, -0.1) is 11.3 Å². The normalized spacial score (nSPS) is 16.8. The van der Waals surface area contributed by atoms with E-state index in [9.17, 15) is 14.7 Å². The first-order valence-electron chi connectivity index (χ1n) is 10.7. The summed E-state index contributed by atoms with van der Waals surface area (Å²) in [7, 11) is 0. The molecule has 0 bridgehead atoms. The number of aryl methyl sites for hydroxylation is 1. The number of aromatic nitrogens is 2. The quantitative estimate of drug-likeness (QED) is 0.439. The lowest BCUT2D eigenvalue weighted by atomic mass is 9.89. The van der Waals surface area contributed by atoms with Crippen LogP contribution in [0.25, 0.3) is 10.2 Å². The Morgan fingerprint density at radius 1 is 1.50 bits per heavy atom. The molecule has 0 spiro atoms. The number of fused-ring (bicyclic) bond motifs is 3. The summed E-state index contributed by atoms with van der Waals surface area (Å²) in [5, 5.41) is 14.4. The number of nitrogens with one attached hydrogen (secondary N) is 1. The van der Waals surface area contributed by atoms with Crippen LogP contribution < -0.4 is 15.7 Å². The summed E-state index contributed by atoms with van der Waals surface area (Å²) >= 11 is 1.59. The number of ether oxygens (including phenoxy) is 1. The minimum atomic E-state index is -0.770. The van der Waals surface area contributed by atoms with Crippen molar-refractivity contribution in [1.29, 1.82) is 0 Å². The minimum absolute atomic E-state index is 0.0361. The van der Waals surface area contributed by atoms with E-state index < -0.39 is 11.9 Å². The Bertz CT molecular complexity index is 1250. The van der Waals surface area contributed by atoms with Gasteiger partial charge in [-0.05, 0) is 68.4 Å². The maximum absolute atomic E-state index is 13.2. The molecule has 8 nitrogen and oxygen atoms in total. The van der Waals surface area contributed by atoms with E-state index >= 15 is 0 Å². The number of phenolic OH excluding ortho intramolecular Hbond substituents is 1. The molecule has 168 valence electrons. The molecule has 0 saturated carbocycles. The molecule has 2 N–H and O–H groups in total. The van der Waals surface area contributed by atoms with Crippen molar-refractivity contribution < 1.29 is 14.6 Å². The van der Waals surface area contributed by atoms with Gasteiger partial charge in [-0.3, -0.25) is 14.2 Å². The Morgan fingerprint density at radius 3 is 3.09 bits per heavy atom. The summed E-state index contributed by atoms with van der Waals surface area (Å²) < 4.78 is 6.71. The van der Waals surface area contributed by atoms with Crippen LogP contribution in [-0.2, 0) is 17.6 Å².